The van der Waals surface area contributed by atoms with Crippen LogP contribution in [0, 0.1) is 0 Å². The van der Waals surface area contributed by atoms with Crippen molar-refractivity contribution in [3.8, 4) is 11.5 Å². The largest absolute Gasteiger partial charge is 0.506 e. The Labute approximate surface area is 173 Å². The number of hydrogen-bond acceptors (Lipinski definition) is 8. The summed E-state index contributed by atoms with van der Waals surface area (Å²) in [7, 11) is -2.96. The van der Waals surface area contributed by atoms with Gasteiger partial charge >= 0.3 is 13.6 Å². The monoisotopic (exact) mass is 452 g/mol. The van der Waals surface area contributed by atoms with Crippen molar-refractivity contribution in [3.05, 3.63) is 18.2 Å². The zero-order valence-corrected chi connectivity index (χ0v) is 17.7. The number of aliphatic hydroxyl groups excluding tert-OH is 3. The van der Waals surface area contributed by atoms with Gasteiger partial charge < -0.3 is 50.3 Å². The molecule has 30 heavy (non-hydrogen) atoms. The van der Waals surface area contributed by atoms with Gasteiger partial charge in [0.15, 0.2) is 0 Å². The number of aliphatic hydroxyl groups is 3. The number of carbonyl (C=O) groups excluding carboxylic acids is 1. The van der Waals surface area contributed by atoms with Crippen molar-refractivity contribution in [2.24, 2.45) is 0 Å². The summed E-state index contributed by atoms with van der Waals surface area (Å²) in [6.07, 6.45) is -8.46. The molecule has 1 aliphatic rings. The van der Waals surface area contributed by atoms with Gasteiger partial charge in [0, 0.05) is 13.1 Å². The molecule has 172 valence electrons. The summed E-state index contributed by atoms with van der Waals surface area (Å²) in [5, 5.41) is 44.6. The van der Waals surface area contributed by atoms with Crippen LogP contribution in [-0.4, -0.2) is 80.2 Å². The summed E-state index contributed by atoms with van der Waals surface area (Å²) in [5.74, 6) is -0.327. The topological polar surface area (TPSA) is 198 Å². The van der Waals surface area contributed by atoms with Gasteiger partial charge in [-0.2, -0.15) is 0 Å². The third-order valence-electron chi connectivity index (χ3n) is 4.07. The summed E-state index contributed by atoms with van der Waals surface area (Å²) in [5.41, 5.74) is 0.0896. The number of phenolic OH excluding ortho intramolecular Hbond substituents is 1. The zero-order chi connectivity index (χ0) is 23.1. The van der Waals surface area contributed by atoms with Crippen LogP contribution in [0.25, 0.3) is 0 Å². The standard InChI is InChI=1S/C15H23N2O10P.C2H6/c1-16-15(22)17-8-3-2-7(6-9(8)18)26-14-13(21)12(20)11(19)10(27-14)4-5-28(23,24)25;1-2/h2-3,6,10-14,18-21H,4-5H2,1H3,(H2,16,17,22)(H2,23,24,25);1-2H3/t10?,11-,12?,13?,14+;/m1./s1. The second-order valence-electron chi connectivity index (χ2n) is 6.19. The summed E-state index contributed by atoms with van der Waals surface area (Å²) in [6, 6.07) is 3.25. The zero-order valence-electron chi connectivity index (χ0n) is 16.8. The molecular formula is C17H29N2O10P. The Kier molecular flexibility index (Phi) is 9.98. The highest BCUT2D eigenvalue weighted by molar-refractivity contribution is 7.51. The first kappa shape index (κ1) is 26.1. The highest BCUT2D eigenvalue weighted by Crippen LogP contribution is 2.37. The number of nitrogens with one attached hydrogen (secondary N) is 2. The van der Waals surface area contributed by atoms with E-state index in [0.29, 0.717) is 0 Å². The van der Waals surface area contributed by atoms with Crippen molar-refractivity contribution in [2.45, 2.75) is 51.0 Å². The Morgan fingerprint density at radius 3 is 2.33 bits per heavy atom. The molecule has 0 aromatic heterocycles. The smallest absolute Gasteiger partial charge is 0.325 e. The Morgan fingerprint density at radius 2 is 1.80 bits per heavy atom. The maximum atomic E-state index is 11.3. The number of phenols is 1. The molecule has 2 rings (SSSR count). The molecule has 2 amide bonds. The highest BCUT2D eigenvalue weighted by atomic mass is 31.2. The maximum absolute atomic E-state index is 11.3. The number of urea groups is 1. The third kappa shape index (κ3) is 7.40. The molecule has 5 atom stereocenters. The molecule has 0 saturated carbocycles. The summed E-state index contributed by atoms with van der Waals surface area (Å²) < 4.78 is 21.8. The van der Waals surface area contributed by atoms with Crippen molar-refractivity contribution in [1.29, 1.82) is 0 Å². The van der Waals surface area contributed by atoms with E-state index in [1.54, 1.807) is 0 Å². The van der Waals surface area contributed by atoms with E-state index in [-0.39, 0.29) is 23.6 Å². The minimum Gasteiger partial charge on any atom is -0.506 e. The SMILES string of the molecule is CC.CNC(=O)Nc1ccc(O[C@H]2OC(CCP(=O)(O)O)[C@@H](O)C(O)C2O)cc1O. The summed E-state index contributed by atoms with van der Waals surface area (Å²) in [4.78, 5) is 29.2. The van der Waals surface area contributed by atoms with E-state index in [9.17, 15) is 29.8 Å². The van der Waals surface area contributed by atoms with Crippen LogP contribution in [0.1, 0.15) is 20.3 Å². The van der Waals surface area contributed by atoms with Crippen LogP contribution in [0.4, 0.5) is 10.5 Å². The average Bonchev–Trinajstić information content (AvgIpc) is 2.70. The van der Waals surface area contributed by atoms with Crippen LogP contribution in [0.15, 0.2) is 18.2 Å². The van der Waals surface area contributed by atoms with Crippen LogP contribution in [0.3, 0.4) is 0 Å². The molecule has 0 spiro atoms. The number of hydrogen-bond donors (Lipinski definition) is 8. The summed E-state index contributed by atoms with van der Waals surface area (Å²) >= 11 is 0. The lowest BCUT2D eigenvalue weighted by molar-refractivity contribution is -0.272. The molecule has 1 aliphatic heterocycles. The lowest BCUT2D eigenvalue weighted by Gasteiger charge is -2.40. The fraction of sp³-hybridized carbons (Fsp3) is 0.588. The van der Waals surface area contributed by atoms with Crippen LogP contribution >= 0.6 is 7.60 Å². The first-order valence-electron chi connectivity index (χ1n) is 9.24. The van der Waals surface area contributed by atoms with E-state index in [4.69, 9.17) is 19.3 Å². The van der Waals surface area contributed by atoms with Gasteiger partial charge in [0.05, 0.1) is 18.0 Å². The Balaban J connectivity index is 0.00000218. The molecule has 1 fully saturated rings. The highest BCUT2D eigenvalue weighted by Gasteiger charge is 2.45. The van der Waals surface area contributed by atoms with Gasteiger partial charge in [-0.05, 0) is 18.6 Å². The predicted molar refractivity (Wildman–Crippen MR) is 106 cm³/mol. The average molecular weight is 452 g/mol. The molecule has 1 saturated heterocycles. The Morgan fingerprint density at radius 1 is 1.17 bits per heavy atom. The van der Waals surface area contributed by atoms with Crippen LogP contribution < -0.4 is 15.4 Å². The fourth-order valence-corrected chi connectivity index (χ4v) is 3.15. The van der Waals surface area contributed by atoms with Crippen LogP contribution in [0.5, 0.6) is 11.5 Å². The van der Waals surface area contributed by atoms with Gasteiger partial charge in [0.1, 0.15) is 29.8 Å². The molecule has 1 aromatic carbocycles. The number of ether oxygens (including phenoxy) is 2. The second kappa shape index (κ2) is 11.5. The van der Waals surface area contributed by atoms with E-state index < -0.39 is 50.5 Å². The van der Waals surface area contributed by atoms with Crippen LogP contribution in [-0.2, 0) is 9.30 Å². The number of amides is 2. The number of rotatable bonds is 6. The van der Waals surface area contributed by atoms with Crippen molar-refractivity contribution >= 4 is 19.3 Å². The van der Waals surface area contributed by atoms with Gasteiger partial charge in [-0.15, -0.1) is 0 Å². The van der Waals surface area contributed by atoms with E-state index in [1.165, 1.54) is 19.2 Å². The van der Waals surface area contributed by atoms with Crippen molar-refractivity contribution in [1.82, 2.24) is 5.32 Å². The van der Waals surface area contributed by atoms with E-state index in [1.807, 2.05) is 13.8 Å². The maximum Gasteiger partial charge on any atom is 0.325 e. The quantitative estimate of drug-likeness (QED) is 0.213. The van der Waals surface area contributed by atoms with Crippen molar-refractivity contribution in [2.75, 3.05) is 18.5 Å². The first-order valence-corrected chi connectivity index (χ1v) is 11.0. The molecule has 3 unspecified atom stereocenters. The summed E-state index contributed by atoms with van der Waals surface area (Å²) in [6.45, 7) is 4.00. The fourth-order valence-electron chi connectivity index (χ4n) is 2.56. The van der Waals surface area contributed by atoms with Gasteiger partial charge in [0.2, 0.25) is 6.29 Å². The van der Waals surface area contributed by atoms with E-state index >= 15 is 0 Å². The molecule has 0 radical (unpaired) electrons. The predicted octanol–water partition coefficient (Wildman–Crippen LogP) is -0.0761. The Hall–Kier alpha value is -1.92. The number of anilines is 1. The lowest BCUT2D eigenvalue weighted by atomic mass is 9.97. The second-order valence-corrected chi connectivity index (χ2v) is 7.97. The molecular weight excluding hydrogens is 423 g/mol. The van der Waals surface area contributed by atoms with Gasteiger partial charge in [0.25, 0.3) is 0 Å². The first-order chi connectivity index (χ1) is 14.0. The van der Waals surface area contributed by atoms with E-state index in [2.05, 4.69) is 10.6 Å². The molecule has 12 nitrogen and oxygen atoms in total. The van der Waals surface area contributed by atoms with E-state index in [0.717, 1.165) is 6.07 Å². The number of benzene rings is 1. The van der Waals surface area contributed by atoms with Gasteiger partial charge in [-0.3, -0.25) is 4.57 Å². The van der Waals surface area contributed by atoms with Gasteiger partial charge in [-0.1, -0.05) is 13.8 Å². The minimum absolute atomic E-state index is 0.0151. The number of aromatic hydroxyl groups is 1. The van der Waals surface area contributed by atoms with Crippen molar-refractivity contribution < 1.29 is 49.0 Å². The molecule has 0 aliphatic carbocycles. The molecule has 13 heteroatoms. The molecule has 1 aromatic rings. The lowest BCUT2D eigenvalue weighted by Crippen LogP contribution is -2.59. The normalized spacial score (nSPS) is 26.2. The van der Waals surface area contributed by atoms with Crippen LogP contribution in [0.2, 0.25) is 0 Å². The van der Waals surface area contributed by atoms with Crippen molar-refractivity contribution in [3.63, 3.8) is 0 Å². The molecule has 0 bridgehead atoms. The number of carbonyl (C=O) groups is 1. The Bertz CT molecular complexity index is 743. The van der Waals surface area contributed by atoms with Gasteiger partial charge in [-0.25, -0.2) is 4.79 Å². The third-order valence-corrected chi connectivity index (χ3v) is 4.91. The molecule has 8 N–H and O–H groups in total. The minimum atomic E-state index is -4.36. The molecule has 1 heterocycles.